The van der Waals surface area contributed by atoms with Gasteiger partial charge in [0, 0.05) is 10.4 Å². The van der Waals surface area contributed by atoms with Gasteiger partial charge in [-0.15, -0.1) is 0 Å². The van der Waals surface area contributed by atoms with Crippen molar-refractivity contribution >= 4 is 24.2 Å². The fraction of sp³-hybridized carbons (Fsp3) is 0.667. The van der Waals surface area contributed by atoms with Crippen molar-refractivity contribution in [3.8, 4) is 5.75 Å². The highest BCUT2D eigenvalue weighted by molar-refractivity contribution is 7.80. The van der Waals surface area contributed by atoms with Crippen molar-refractivity contribution in [2.45, 2.75) is 58.8 Å². The van der Waals surface area contributed by atoms with Crippen LogP contribution in [0.2, 0.25) is 5.02 Å². The largest absolute Gasteiger partial charge is 0.493 e. The van der Waals surface area contributed by atoms with E-state index in [-0.39, 0.29) is 5.41 Å². The highest BCUT2D eigenvalue weighted by Gasteiger charge is 2.31. The first-order valence-electron chi connectivity index (χ1n) is 8.01. The monoisotopic (exact) mass is 326 g/mol. The quantitative estimate of drug-likeness (QED) is 0.650. The molecule has 118 valence electrons. The van der Waals surface area contributed by atoms with Gasteiger partial charge in [0.25, 0.3) is 0 Å². The van der Waals surface area contributed by atoms with Crippen molar-refractivity contribution in [3.63, 3.8) is 0 Å². The van der Waals surface area contributed by atoms with E-state index >= 15 is 0 Å². The van der Waals surface area contributed by atoms with Crippen molar-refractivity contribution in [1.82, 2.24) is 0 Å². The molecule has 1 aliphatic carbocycles. The van der Waals surface area contributed by atoms with Crippen LogP contribution in [0.15, 0.2) is 12.1 Å². The normalized spacial score (nSPS) is 18.0. The molecule has 1 fully saturated rings. The number of thiol groups is 1. The summed E-state index contributed by atoms with van der Waals surface area (Å²) in [5.41, 5.74) is 2.54. The molecule has 0 aromatic heterocycles. The van der Waals surface area contributed by atoms with E-state index in [4.69, 9.17) is 16.3 Å². The Bertz CT molecular complexity index is 478. The van der Waals surface area contributed by atoms with E-state index in [1.807, 2.05) is 6.07 Å². The summed E-state index contributed by atoms with van der Waals surface area (Å²) in [4.78, 5) is 0. The summed E-state index contributed by atoms with van der Waals surface area (Å²) in [6.45, 7) is 7.17. The minimum atomic E-state index is 0.255. The molecule has 0 unspecified atom stereocenters. The third-order valence-corrected chi connectivity index (χ3v) is 5.70. The molecule has 1 aromatic carbocycles. The summed E-state index contributed by atoms with van der Waals surface area (Å²) in [6, 6.07) is 4.15. The number of halogens is 1. The van der Waals surface area contributed by atoms with E-state index < -0.39 is 0 Å². The van der Waals surface area contributed by atoms with E-state index in [2.05, 4.69) is 39.5 Å². The molecule has 1 saturated carbocycles. The lowest BCUT2D eigenvalue weighted by molar-refractivity contribution is 0.120. The van der Waals surface area contributed by atoms with Crippen molar-refractivity contribution in [1.29, 1.82) is 0 Å². The molecule has 0 heterocycles. The summed E-state index contributed by atoms with van der Waals surface area (Å²) < 4.78 is 6.21. The van der Waals surface area contributed by atoms with Gasteiger partial charge < -0.3 is 4.74 Å². The van der Waals surface area contributed by atoms with Gasteiger partial charge >= 0.3 is 0 Å². The second kappa shape index (κ2) is 7.28. The van der Waals surface area contributed by atoms with Gasteiger partial charge in [-0.05, 0) is 54.7 Å². The molecule has 21 heavy (non-hydrogen) atoms. The zero-order chi connectivity index (χ0) is 15.5. The predicted octanol–water partition coefficient (Wildman–Crippen LogP) is 6.03. The van der Waals surface area contributed by atoms with Gasteiger partial charge in [-0.3, -0.25) is 0 Å². The van der Waals surface area contributed by atoms with Gasteiger partial charge in [0.1, 0.15) is 5.75 Å². The van der Waals surface area contributed by atoms with Gasteiger partial charge in [0.15, 0.2) is 0 Å². The smallest absolute Gasteiger partial charge is 0.122 e. The molecular formula is C18H27ClOS. The molecule has 1 nitrogen and oxygen atoms in total. The zero-order valence-corrected chi connectivity index (χ0v) is 15.1. The standard InChI is InChI=1S/C18H27ClOS/c1-13(2)15-10-17(14(3)9-16(15)19)20-11-18(12-21)7-5-4-6-8-18/h9-10,13,21H,4-8,11-12H2,1-3H3. The van der Waals surface area contributed by atoms with E-state index in [0.29, 0.717) is 5.92 Å². The van der Waals surface area contributed by atoms with Crippen LogP contribution in [0.25, 0.3) is 0 Å². The Morgan fingerprint density at radius 3 is 2.48 bits per heavy atom. The molecule has 0 aliphatic heterocycles. The van der Waals surface area contributed by atoms with Crippen LogP contribution in [0, 0.1) is 12.3 Å². The number of rotatable bonds is 5. The van der Waals surface area contributed by atoms with Gasteiger partial charge in [-0.25, -0.2) is 0 Å². The molecule has 0 N–H and O–H groups in total. The van der Waals surface area contributed by atoms with E-state index in [0.717, 1.165) is 28.7 Å². The Kier molecular flexibility index (Phi) is 5.90. The highest BCUT2D eigenvalue weighted by Crippen LogP contribution is 2.39. The van der Waals surface area contributed by atoms with Crippen LogP contribution in [0.5, 0.6) is 5.75 Å². The Morgan fingerprint density at radius 1 is 1.24 bits per heavy atom. The second-order valence-electron chi connectivity index (χ2n) is 6.80. The Morgan fingerprint density at radius 2 is 1.90 bits per heavy atom. The average Bonchev–Trinajstić information content (AvgIpc) is 2.47. The van der Waals surface area contributed by atoms with E-state index in [1.54, 1.807) is 0 Å². The van der Waals surface area contributed by atoms with Crippen molar-refractivity contribution in [3.05, 3.63) is 28.3 Å². The third-order valence-electron chi connectivity index (χ3n) is 4.70. The van der Waals surface area contributed by atoms with Crippen molar-refractivity contribution in [2.24, 2.45) is 5.41 Å². The number of hydrogen-bond donors (Lipinski definition) is 1. The average molecular weight is 327 g/mol. The van der Waals surface area contributed by atoms with Gasteiger partial charge in [0.2, 0.25) is 0 Å². The summed E-state index contributed by atoms with van der Waals surface area (Å²) in [6.07, 6.45) is 6.44. The maximum Gasteiger partial charge on any atom is 0.122 e. The molecule has 0 bridgehead atoms. The van der Waals surface area contributed by atoms with Gasteiger partial charge in [-0.1, -0.05) is 44.7 Å². The summed E-state index contributed by atoms with van der Waals surface area (Å²) in [7, 11) is 0. The Hall–Kier alpha value is -0.340. The first-order valence-corrected chi connectivity index (χ1v) is 9.02. The minimum Gasteiger partial charge on any atom is -0.493 e. The maximum absolute atomic E-state index is 6.33. The maximum atomic E-state index is 6.33. The molecule has 0 amide bonds. The zero-order valence-electron chi connectivity index (χ0n) is 13.4. The molecule has 1 aromatic rings. The van der Waals surface area contributed by atoms with Crippen LogP contribution in [0.3, 0.4) is 0 Å². The molecule has 2 rings (SSSR count). The van der Waals surface area contributed by atoms with Crippen LogP contribution in [0.4, 0.5) is 0 Å². The van der Waals surface area contributed by atoms with Crippen LogP contribution < -0.4 is 4.74 Å². The fourth-order valence-electron chi connectivity index (χ4n) is 3.15. The summed E-state index contributed by atoms with van der Waals surface area (Å²) >= 11 is 10.9. The van der Waals surface area contributed by atoms with Crippen molar-refractivity contribution < 1.29 is 4.74 Å². The lowest BCUT2D eigenvalue weighted by Crippen LogP contribution is -2.33. The Labute approximate surface area is 139 Å². The first kappa shape index (κ1) is 17.0. The number of ether oxygens (including phenoxy) is 1. The number of hydrogen-bond acceptors (Lipinski definition) is 2. The molecule has 0 radical (unpaired) electrons. The molecule has 3 heteroatoms. The topological polar surface area (TPSA) is 9.23 Å². The molecule has 0 atom stereocenters. The van der Waals surface area contributed by atoms with Crippen LogP contribution in [-0.2, 0) is 0 Å². The first-order chi connectivity index (χ1) is 9.97. The van der Waals surface area contributed by atoms with Crippen LogP contribution in [0.1, 0.15) is 63.0 Å². The minimum absolute atomic E-state index is 0.255. The Balaban J connectivity index is 2.13. The predicted molar refractivity (Wildman–Crippen MR) is 95.1 cm³/mol. The summed E-state index contributed by atoms with van der Waals surface area (Å²) in [5, 5.41) is 0.844. The van der Waals surface area contributed by atoms with Gasteiger partial charge in [-0.2, -0.15) is 12.6 Å². The second-order valence-corrected chi connectivity index (χ2v) is 7.52. The molecule has 0 saturated heterocycles. The van der Waals surface area contributed by atoms with E-state index in [9.17, 15) is 0 Å². The van der Waals surface area contributed by atoms with Gasteiger partial charge in [0.05, 0.1) is 6.61 Å². The lowest BCUT2D eigenvalue weighted by atomic mass is 9.76. The summed E-state index contributed by atoms with van der Waals surface area (Å²) in [5.74, 6) is 2.31. The van der Waals surface area contributed by atoms with Crippen LogP contribution >= 0.6 is 24.2 Å². The van der Waals surface area contributed by atoms with E-state index in [1.165, 1.54) is 37.7 Å². The molecule has 0 spiro atoms. The van der Waals surface area contributed by atoms with Crippen LogP contribution in [-0.4, -0.2) is 12.4 Å². The highest BCUT2D eigenvalue weighted by atomic mass is 35.5. The molecule has 1 aliphatic rings. The number of aryl methyl sites for hydroxylation is 1. The fourth-order valence-corrected chi connectivity index (χ4v) is 3.99. The SMILES string of the molecule is Cc1cc(Cl)c(C(C)C)cc1OCC1(CS)CCCCC1. The number of benzene rings is 1. The lowest BCUT2D eigenvalue weighted by Gasteiger charge is -2.36. The molecular weight excluding hydrogens is 300 g/mol. The van der Waals surface area contributed by atoms with Crippen molar-refractivity contribution in [2.75, 3.05) is 12.4 Å². The third kappa shape index (κ3) is 4.10.